The molecule has 0 amide bonds. The summed E-state index contributed by atoms with van der Waals surface area (Å²) in [4.78, 5) is 0. The van der Waals surface area contributed by atoms with Crippen molar-refractivity contribution in [2.45, 2.75) is 26.6 Å². The maximum absolute atomic E-state index is 6.17. The average molecular weight is 411 g/mol. The lowest BCUT2D eigenvalue weighted by Gasteiger charge is -2.13. The van der Waals surface area contributed by atoms with Crippen LogP contribution >= 0.6 is 0 Å². The fraction of sp³-hybridized carbons (Fsp3) is 0.143. The molecule has 1 heterocycles. The van der Waals surface area contributed by atoms with Crippen LogP contribution in [0.2, 0.25) is 0 Å². The first-order chi connectivity index (χ1) is 15.3. The van der Waals surface area contributed by atoms with E-state index in [1.165, 1.54) is 0 Å². The summed E-state index contributed by atoms with van der Waals surface area (Å²) < 4.78 is 17.9. The van der Waals surface area contributed by atoms with Crippen molar-refractivity contribution in [3.63, 3.8) is 0 Å². The second-order valence-corrected chi connectivity index (χ2v) is 7.24. The van der Waals surface area contributed by atoms with E-state index in [2.05, 4.69) is 31.2 Å². The van der Waals surface area contributed by atoms with Gasteiger partial charge in [0.25, 0.3) is 0 Å². The standard InChI is InChI=1S/C28H26O3/c1-2-25-17-18-26(31-25)15-13-24-14-16-27(29-20-22-9-5-3-6-10-22)19-28(24)30-21-23-11-7-4-8-12-23/h3-19H,2,20-21H2,1H3/b15-13+. The maximum Gasteiger partial charge on any atom is 0.130 e. The lowest BCUT2D eigenvalue weighted by atomic mass is 10.1. The van der Waals surface area contributed by atoms with Gasteiger partial charge < -0.3 is 13.9 Å². The topological polar surface area (TPSA) is 31.6 Å². The van der Waals surface area contributed by atoms with Crippen LogP contribution in [-0.4, -0.2) is 0 Å². The number of hydrogen-bond acceptors (Lipinski definition) is 3. The van der Waals surface area contributed by atoms with Gasteiger partial charge in [0.2, 0.25) is 0 Å². The van der Waals surface area contributed by atoms with E-state index in [1.54, 1.807) is 0 Å². The second-order valence-electron chi connectivity index (χ2n) is 7.24. The number of rotatable bonds is 9. The number of aryl methyl sites for hydroxylation is 1. The van der Waals surface area contributed by atoms with Gasteiger partial charge in [-0.05, 0) is 47.5 Å². The van der Waals surface area contributed by atoms with E-state index in [1.807, 2.05) is 78.9 Å². The predicted molar refractivity (Wildman–Crippen MR) is 125 cm³/mol. The summed E-state index contributed by atoms with van der Waals surface area (Å²) in [5.41, 5.74) is 3.21. The summed E-state index contributed by atoms with van der Waals surface area (Å²) >= 11 is 0. The molecular weight excluding hydrogens is 384 g/mol. The normalized spacial score (nSPS) is 11.0. The van der Waals surface area contributed by atoms with Crippen molar-refractivity contribution in [3.8, 4) is 11.5 Å². The van der Waals surface area contributed by atoms with Crippen LogP contribution in [-0.2, 0) is 19.6 Å². The smallest absolute Gasteiger partial charge is 0.130 e. The van der Waals surface area contributed by atoms with Crippen LogP contribution in [0.3, 0.4) is 0 Å². The second kappa shape index (κ2) is 10.4. The molecular formula is C28H26O3. The molecule has 0 unspecified atom stereocenters. The van der Waals surface area contributed by atoms with Crippen LogP contribution in [0.15, 0.2) is 95.4 Å². The van der Waals surface area contributed by atoms with Gasteiger partial charge in [0.1, 0.15) is 36.2 Å². The summed E-state index contributed by atoms with van der Waals surface area (Å²) in [5.74, 6) is 3.35. The van der Waals surface area contributed by atoms with Gasteiger partial charge in [-0.1, -0.05) is 67.6 Å². The highest BCUT2D eigenvalue weighted by atomic mass is 16.5. The van der Waals surface area contributed by atoms with E-state index in [4.69, 9.17) is 13.9 Å². The highest BCUT2D eigenvalue weighted by Gasteiger charge is 2.06. The number of hydrogen-bond donors (Lipinski definition) is 0. The zero-order valence-electron chi connectivity index (χ0n) is 17.7. The van der Waals surface area contributed by atoms with E-state index in [-0.39, 0.29) is 0 Å². The summed E-state index contributed by atoms with van der Waals surface area (Å²) in [7, 11) is 0. The van der Waals surface area contributed by atoms with Crippen molar-refractivity contribution in [3.05, 3.63) is 119 Å². The van der Waals surface area contributed by atoms with Crippen LogP contribution in [0.25, 0.3) is 12.2 Å². The Labute approximate surface area is 183 Å². The fourth-order valence-corrected chi connectivity index (χ4v) is 3.19. The predicted octanol–water partition coefficient (Wildman–Crippen LogP) is 7.17. The maximum atomic E-state index is 6.17. The molecule has 0 saturated heterocycles. The summed E-state index contributed by atoms with van der Waals surface area (Å²) in [5, 5.41) is 0. The van der Waals surface area contributed by atoms with E-state index in [0.717, 1.165) is 46.1 Å². The highest BCUT2D eigenvalue weighted by Crippen LogP contribution is 2.28. The van der Waals surface area contributed by atoms with Crippen molar-refractivity contribution < 1.29 is 13.9 Å². The van der Waals surface area contributed by atoms with Gasteiger partial charge in [0.05, 0.1) is 0 Å². The van der Waals surface area contributed by atoms with E-state index in [9.17, 15) is 0 Å². The zero-order chi connectivity index (χ0) is 21.3. The number of benzene rings is 3. The molecule has 3 nitrogen and oxygen atoms in total. The minimum absolute atomic E-state index is 0.491. The van der Waals surface area contributed by atoms with Crippen LogP contribution in [0.4, 0.5) is 0 Å². The van der Waals surface area contributed by atoms with Gasteiger partial charge in [0.15, 0.2) is 0 Å². The van der Waals surface area contributed by atoms with Gasteiger partial charge in [0, 0.05) is 18.1 Å². The quantitative estimate of drug-likeness (QED) is 0.293. The van der Waals surface area contributed by atoms with Crippen LogP contribution in [0.5, 0.6) is 11.5 Å². The number of furan rings is 1. The average Bonchev–Trinajstić information content (AvgIpc) is 3.30. The molecule has 0 N–H and O–H groups in total. The first-order valence-electron chi connectivity index (χ1n) is 10.5. The summed E-state index contributed by atoms with van der Waals surface area (Å²) in [6.07, 6.45) is 4.86. The molecule has 3 aromatic carbocycles. The van der Waals surface area contributed by atoms with Gasteiger partial charge in [-0.3, -0.25) is 0 Å². The molecule has 0 spiro atoms. The highest BCUT2D eigenvalue weighted by molar-refractivity contribution is 5.71. The molecule has 3 heteroatoms. The van der Waals surface area contributed by atoms with Crippen molar-refractivity contribution in [2.75, 3.05) is 0 Å². The van der Waals surface area contributed by atoms with Crippen LogP contribution < -0.4 is 9.47 Å². The van der Waals surface area contributed by atoms with E-state index < -0.39 is 0 Å². The third kappa shape index (κ3) is 5.89. The molecule has 0 atom stereocenters. The Hall–Kier alpha value is -3.72. The molecule has 31 heavy (non-hydrogen) atoms. The molecule has 0 fully saturated rings. The van der Waals surface area contributed by atoms with Gasteiger partial charge in [-0.15, -0.1) is 0 Å². The fourth-order valence-electron chi connectivity index (χ4n) is 3.19. The molecule has 0 saturated carbocycles. The van der Waals surface area contributed by atoms with Crippen LogP contribution in [0, 0.1) is 0 Å². The molecule has 0 aliphatic heterocycles. The monoisotopic (exact) mass is 410 g/mol. The number of ether oxygens (including phenoxy) is 2. The minimum Gasteiger partial charge on any atom is -0.489 e. The Kier molecular flexibility index (Phi) is 6.86. The van der Waals surface area contributed by atoms with Crippen molar-refractivity contribution in [1.82, 2.24) is 0 Å². The third-order valence-corrected chi connectivity index (χ3v) is 4.93. The SMILES string of the molecule is CCc1ccc(/C=C/c2ccc(OCc3ccccc3)cc2OCc2ccccc2)o1. The van der Waals surface area contributed by atoms with Gasteiger partial charge in [-0.25, -0.2) is 0 Å². The Balaban J connectivity index is 1.53. The Morgan fingerprint density at radius 3 is 2.03 bits per heavy atom. The molecule has 1 aromatic heterocycles. The zero-order valence-corrected chi connectivity index (χ0v) is 17.7. The Morgan fingerprint density at radius 2 is 1.39 bits per heavy atom. The Morgan fingerprint density at radius 1 is 0.710 bits per heavy atom. The lowest BCUT2D eigenvalue weighted by Crippen LogP contribution is -1.99. The van der Waals surface area contributed by atoms with Gasteiger partial charge in [-0.2, -0.15) is 0 Å². The lowest BCUT2D eigenvalue weighted by molar-refractivity contribution is 0.289. The Bertz CT molecular complexity index is 1110. The molecule has 156 valence electrons. The minimum atomic E-state index is 0.491. The van der Waals surface area contributed by atoms with Gasteiger partial charge >= 0.3 is 0 Å². The first-order valence-corrected chi connectivity index (χ1v) is 10.5. The summed E-state index contributed by atoms with van der Waals surface area (Å²) in [6, 6.07) is 30.2. The molecule has 4 rings (SSSR count). The van der Waals surface area contributed by atoms with Crippen LogP contribution in [0.1, 0.15) is 35.1 Å². The third-order valence-electron chi connectivity index (χ3n) is 4.93. The van der Waals surface area contributed by atoms with Crippen molar-refractivity contribution >= 4 is 12.2 Å². The summed E-state index contributed by atoms with van der Waals surface area (Å²) in [6.45, 7) is 3.08. The molecule has 0 bridgehead atoms. The molecule has 0 radical (unpaired) electrons. The van der Waals surface area contributed by atoms with Crippen molar-refractivity contribution in [1.29, 1.82) is 0 Å². The first kappa shape index (κ1) is 20.5. The molecule has 0 aliphatic rings. The molecule has 0 aliphatic carbocycles. The van der Waals surface area contributed by atoms with E-state index >= 15 is 0 Å². The largest absolute Gasteiger partial charge is 0.489 e. The van der Waals surface area contributed by atoms with Crippen molar-refractivity contribution in [2.24, 2.45) is 0 Å². The molecule has 4 aromatic rings. The van der Waals surface area contributed by atoms with E-state index in [0.29, 0.717) is 13.2 Å².